The number of methoxy groups -OCH3 is 1. The molecule has 2 aromatic rings. The Hall–Kier alpha value is -1.49. The van der Waals surface area contributed by atoms with Crippen molar-refractivity contribution in [1.82, 2.24) is 9.88 Å². The number of fused-ring (bicyclic) bond motifs is 1. The molecule has 2 unspecified atom stereocenters. The summed E-state index contributed by atoms with van der Waals surface area (Å²) in [6.45, 7) is 3.42. The summed E-state index contributed by atoms with van der Waals surface area (Å²) in [5.41, 5.74) is 8.22. The second-order valence-electron chi connectivity index (χ2n) is 5.18. The van der Waals surface area contributed by atoms with Crippen LogP contribution in [0.3, 0.4) is 0 Å². The maximum atomic E-state index is 5.99. The summed E-state index contributed by atoms with van der Waals surface area (Å²) >= 11 is 0. The van der Waals surface area contributed by atoms with E-state index in [0.717, 1.165) is 10.9 Å². The van der Waals surface area contributed by atoms with E-state index < -0.39 is 0 Å². The van der Waals surface area contributed by atoms with Crippen molar-refractivity contribution in [2.45, 2.75) is 19.0 Å². The lowest BCUT2D eigenvalue weighted by Gasteiger charge is -2.32. The highest BCUT2D eigenvalue weighted by atomic mass is 16.5. The van der Waals surface area contributed by atoms with Crippen molar-refractivity contribution in [3.63, 3.8) is 0 Å². The molecule has 0 amide bonds. The number of ether oxygens (including phenoxy) is 1. The molecular formula is C16H23N3O. The number of nitrogens with zero attached hydrogens (tertiary/aromatic N) is 2. The number of rotatable bonds is 6. The van der Waals surface area contributed by atoms with E-state index in [9.17, 15) is 0 Å². The number of pyridine rings is 1. The molecule has 2 N–H and O–H groups in total. The van der Waals surface area contributed by atoms with Gasteiger partial charge in [-0.05, 0) is 37.7 Å². The van der Waals surface area contributed by atoms with E-state index >= 15 is 0 Å². The molecule has 2 atom stereocenters. The lowest BCUT2D eigenvalue weighted by atomic mass is 10.0. The summed E-state index contributed by atoms with van der Waals surface area (Å²) in [6.07, 6.45) is 1.81. The number of hydrogen-bond acceptors (Lipinski definition) is 4. The van der Waals surface area contributed by atoms with Gasteiger partial charge in [0.2, 0.25) is 0 Å². The Bertz CT molecular complexity index is 558. The molecule has 108 valence electrons. The van der Waals surface area contributed by atoms with Crippen LogP contribution in [0, 0.1) is 0 Å². The molecule has 0 aliphatic carbocycles. The van der Waals surface area contributed by atoms with E-state index in [4.69, 9.17) is 10.5 Å². The molecule has 0 spiro atoms. The largest absolute Gasteiger partial charge is 0.383 e. The second kappa shape index (κ2) is 6.79. The molecule has 0 saturated carbocycles. The number of nitrogens with two attached hydrogens (primary N) is 1. The van der Waals surface area contributed by atoms with Crippen LogP contribution in [-0.4, -0.2) is 43.2 Å². The van der Waals surface area contributed by atoms with Crippen LogP contribution in [0.5, 0.6) is 0 Å². The first-order valence-electron chi connectivity index (χ1n) is 6.93. The molecule has 0 aliphatic heterocycles. The minimum Gasteiger partial charge on any atom is -0.383 e. The van der Waals surface area contributed by atoms with Crippen LogP contribution in [0.2, 0.25) is 0 Å². The zero-order valence-electron chi connectivity index (χ0n) is 12.4. The monoisotopic (exact) mass is 273 g/mol. The first kappa shape index (κ1) is 14.9. The Kier molecular flexibility index (Phi) is 5.06. The SMILES string of the molecule is COCC(C)N(C)C(CN)c1ccc2ncccc2c1. The first-order chi connectivity index (χ1) is 9.67. The molecule has 0 aliphatic rings. The zero-order chi connectivity index (χ0) is 14.5. The molecule has 4 heteroatoms. The zero-order valence-corrected chi connectivity index (χ0v) is 12.4. The van der Waals surface area contributed by atoms with E-state index in [1.54, 1.807) is 7.11 Å². The molecule has 20 heavy (non-hydrogen) atoms. The summed E-state index contributed by atoms with van der Waals surface area (Å²) in [5.74, 6) is 0. The summed E-state index contributed by atoms with van der Waals surface area (Å²) in [4.78, 5) is 6.62. The molecule has 0 bridgehead atoms. The van der Waals surface area contributed by atoms with Crippen molar-refractivity contribution >= 4 is 10.9 Å². The minimum absolute atomic E-state index is 0.185. The maximum Gasteiger partial charge on any atom is 0.0702 e. The Morgan fingerprint density at radius 2 is 2.15 bits per heavy atom. The van der Waals surface area contributed by atoms with Crippen LogP contribution >= 0.6 is 0 Å². The highest BCUT2D eigenvalue weighted by Crippen LogP contribution is 2.23. The quantitative estimate of drug-likeness (QED) is 0.876. The molecular weight excluding hydrogens is 250 g/mol. The fourth-order valence-corrected chi connectivity index (χ4v) is 2.50. The maximum absolute atomic E-state index is 5.99. The number of aromatic nitrogens is 1. The van der Waals surface area contributed by atoms with Gasteiger partial charge >= 0.3 is 0 Å². The molecule has 0 fully saturated rings. The lowest BCUT2D eigenvalue weighted by Crippen LogP contribution is -2.39. The minimum atomic E-state index is 0.185. The van der Waals surface area contributed by atoms with E-state index in [1.807, 2.05) is 12.3 Å². The Morgan fingerprint density at radius 3 is 2.85 bits per heavy atom. The molecule has 0 saturated heterocycles. The van der Waals surface area contributed by atoms with E-state index in [0.29, 0.717) is 19.2 Å². The topological polar surface area (TPSA) is 51.4 Å². The van der Waals surface area contributed by atoms with Crippen LogP contribution in [0.25, 0.3) is 10.9 Å². The van der Waals surface area contributed by atoms with Gasteiger partial charge in [-0.3, -0.25) is 9.88 Å². The van der Waals surface area contributed by atoms with Gasteiger partial charge < -0.3 is 10.5 Å². The van der Waals surface area contributed by atoms with E-state index in [2.05, 4.69) is 48.1 Å². The van der Waals surface area contributed by atoms with Crippen molar-refractivity contribution in [2.24, 2.45) is 5.73 Å². The fourth-order valence-electron chi connectivity index (χ4n) is 2.50. The Morgan fingerprint density at radius 1 is 1.35 bits per heavy atom. The van der Waals surface area contributed by atoms with Gasteiger partial charge in [0.1, 0.15) is 0 Å². The van der Waals surface area contributed by atoms with Gasteiger partial charge in [0.15, 0.2) is 0 Å². The number of likely N-dealkylation sites (N-methyl/N-ethyl adjacent to an activating group) is 1. The summed E-state index contributed by atoms with van der Waals surface area (Å²) < 4.78 is 5.23. The van der Waals surface area contributed by atoms with Crippen molar-refractivity contribution < 1.29 is 4.74 Å². The van der Waals surface area contributed by atoms with Gasteiger partial charge in [-0.15, -0.1) is 0 Å². The Labute approximate surface area is 120 Å². The molecule has 1 aromatic heterocycles. The van der Waals surface area contributed by atoms with Gasteiger partial charge in [0.05, 0.1) is 12.1 Å². The van der Waals surface area contributed by atoms with Crippen molar-refractivity contribution in [1.29, 1.82) is 0 Å². The molecule has 2 rings (SSSR count). The van der Waals surface area contributed by atoms with E-state index in [-0.39, 0.29) is 6.04 Å². The summed E-state index contributed by atoms with van der Waals surface area (Å²) in [7, 11) is 3.82. The number of benzene rings is 1. The molecule has 4 nitrogen and oxygen atoms in total. The standard InChI is InChI=1S/C16H23N3O/c1-12(11-20-3)19(2)16(10-17)14-6-7-15-13(9-14)5-4-8-18-15/h4-9,12,16H,10-11,17H2,1-3H3. The molecule has 1 heterocycles. The third-order valence-corrected chi connectivity index (χ3v) is 3.83. The normalized spacial score (nSPS) is 14.7. The summed E-state index contributed by atoms with van der Waals surface area (Å²) in [5, 5.41) is 1.15. The molecule has 0 radical (unpaired) electrons. The predicted octanol–water partition coefficient (Wildman–Crippen LogP) is 2.20. The van der Waals surface area contributed by atoms with Crippen LogP contribution in [0.15, 0.2) is 36.5 Å². The van der Waals surface area contributed by atoms with Crippen molar-refractivity contribution in [3.05, 3.63) is 42.1 Å². The van der Waals surface area contributed by atoms with Crippen LogP contribution < -0.4 is 5.73 Å². The van der Waals surface area contributed by atoms with Crippen LogP contribution in [0.4, 0.5) is 0 Å². The Balaban J connectivity index is 2.29. The van der Waals surface area contributed by atoms with Gasteiger partial charge in [-0.2, -0.15) is 0 Å². The van der Waals surface area contributed by atoms with Crippen LogP contribution in [-0.2, 0) is 4.74 Å². The van der Waals surface area contributed by atoms with Gasteiger partial charge in [-0.25, -0.2) is 0 Å². The number of hydrogen-bond donors (Lipinski definition) is 1. The van der Waals surface area contributed by atoms with Gasteiger partial charge in [0, 0.05) is 37.3 Å². The first-order valence-corrected chi connectivity index (χ1v) is 6.93. The van der Waals surface area contributed by atoms with Gasteiger partial charge in [-0.1, -0.05) is 12.1 Å². The lowest BCUT2D eigenvalue weighted by molar-refractivity contribution is 0.0911. The fraction of sp³-hybridized carbons (Fsp3) is 0.438. The average molecular weight is 273 g/mol. The van der Waals surface area contributed by atoms with Gasteiger partial charge in [0.25, 0.3) is 0 Å². The molecule has 1 aromatic carbocycles. The third kappa shape index (κ3) is 3.15. The highest BCUT2D eigenvalue weighted by molar-refractivity contribution is 5.79. The smallest absolute Gasteiger partial charge is 0.0702 e. The van der Waals surface area contributed by atoms with Crippen molar-refractivity contribution in [3.8, 4) is 0 Å². The van der Waals surface area contributed by atoms with E-state index in [1.165, 1.54) is 5.56 Å². The predicted molar refractivity (Wildman–Crippen MR) is 82.6 cm³/mol. The van der Waals surface area contributed by atoms with Crippen LogP contribution in [0.1, 0.15) is 18.5 Å². The third-order valence-electron chi connectivity index (χ3n) is 3.83. The average Bonchev–Trinajstić information content (AvgIpc) is 2.48. The second-order valence-corrected chi connectivity index (χ2v) is 5.18. The van der Waals surface area contributed by atoms with Crippen molar-refractivity contribution in [2.75, 3.05) is 27.3 Å². The highest BCUT2D eigenvalue weighted by Gasteiger charge is 2.20. The summed E-state index contributed by atoms with van der Waals surface area (Å²) in [6, 6.07) is 10.9.